The molecular weight excluding hydrogens is 367 g/mol. The maximum Gasteiger partial charge on any atom is 0.0853 e. The first-order valence-corrected chi connectivity index (χ1v) is 9.83. The molecule has 0 aliphatic heterocycles. The molecule has 26 heavy (non-hydrogen) atoms. The van der Waals surface area contributed by atoms with Crippen LogP contribution in [0.1, 0.15) is 48.3 Å². The van der Waals surface area contributed by atoms with Gasteiger partial charge < -0.3 is 9.47 Å². The second-order valence-corrected chi connectivity index (χ2v) is 8.11. The largest absolute Gasteiger partial charge is 0.376 e. The normalized spacial score (nSPS) is 26.1. The van der Waals surface area contributed by atoms with E-state index in [2.05, 4.69) is 26.0 Å². The number of halogens is 2. The third-order valence-corrected chi connectivity index (χ3v) is 6.23. The van der Waals surface area contributed by atoms with Gasteiger partial charge in [0.2, 0.25) is 0 Å². The second-order valence-electron chi connectivity index (χ2n) is 7.29. The molecule has 140 valence electrons. The van der Waals surface area contributed by atoms with Crippen molar-refractivity contribution in [2.24, 2.45) is 11.8 Å². The SMILES string of the molecule is COC1c2cccc(Cl)c2CC1C.COC1c2cccc(Cl)c2CC1C. The van der Waals surface area contributed by atoms with Crippen LogP contribution in [0.15, 0.2) is 36.4 Å². The summed E-state index contributed by atoms with van der Waals surface area (Å²) in [5, 5.41) is 1.76. The molecule has 0 N–H and O–H groups in total. The van der Waals surface area contributed by atoms with Crippen molar-refractivity contribution in [3.8, 4) is 0 Å². The van der Waals surface area contributed by atoms with Crippen molar-refractivity contribution in [1.82, 2.24) is 0 Å². The monoisotopic (exact) mass is 392 g/mol. The fraction of sp³-hybridized carbons (Fsp3) is 0.455. The van der Waals surface area contributed by atoms with Crippen molar-refractivity contribution in [3.63, 3.8) is 0 Å². The molecule has 0 amide bonds. The number of methoxy groups -OCH3 is 2. The van der Waals surface area contributed by atoms with E-state index in [0.717, 1.165) is 22.9 Å². The predicted molar refractivity (Wildman–Crippen MR) is 108 cm³/mol. The minimum Gasteiger partial charge on any atom is -0.376 e. The molecule has 2 aromatic carbocycles. The minimum absolute atomic E-state index is 0.230. The third-order valence-electron chi connectivity index (χ3n) is 5.52. The molecule has 0 saturated heterocycles. The molecule has 2 nitrogen and oxygen atoms in total. The van der Waals surface area contributed by atoms with E-state index in [1.165, 1.54) is 22.3 Å². The summed E-state index contributed by atoms with van der Waals surface area (Å²) in [7, 11) is 3.52. The summed E-state index contributed by atoms with van der Waals surface area (Å²) in [5.74, 6) is 1.08. The molecule has 0 radical (unpaired) electrons. The Balaban J connectivity index is 0.000000151. The van der Waals surface area contributed by atoms with Crippen LogP contribution in [-0.2, 0) is 22.3 Å². The first-order chi connectivity index (χ1) is 12.5. The van der Waals surface area contributed by atoms with E-state index in [1.54, 1.807) is 14.2 Å². The van der Waals surface area contributed by atoms with E-state index < -0.39 is 0 Å². The summed E-state index contributed by atoms with van der Waals surface area (Å²) in [4.78, 5) is 0. The Labute approximate surface area is 166 Å². The molecule has 0 heterocycles. The van der Waals surface area contributed by atoms with Gasteiger partial charge in [-0.25, -0.2) is 0 Å². The highest BCUT2D eigenvalue weighted by molar-refractivity contribution is 6.31. The zero-order valence-electron chi connectivity index (χ0n) is 15.8. The first-order valence-electron chi connectivity index (χ1n) is 9.08. The number of benzene rings is 2. The lowest BCUT2D eigenvalue weighted by atomic mass is 10.1. The molecule has 4 atom stereocenters. The summed E-state index contributed by atoms with van der Waals surface area (Å²) in [6.45, 7) is 4.40. The van der Waals surface area contributed by atoms with Crippen LogP contribution < -0.4 is 0 Å². The van der Waals surface area contributed by atoms with Crippen LogP contribution in [0.5, 0.6) is 0 Å². The molecule has 0 spiro atoms. The van der Waals surface area contributed by atoms with Gasteiger partial charge in [0, 0.05) is 24.3 Å². The van der Waals surface area contributed by atoms with E-state index in [9.17, 15) is 0 Å². The summed E-state index contributed by atoms with van der Waals surface area (Å²) in [5.41, 5.74) is 5.07. The third kappa shape index (κ3) is 3.66. The van der Waals surface area contributed by atoms with Gasteiger partial charge in [-0.15, -0.1) is 0 Å². The van der Waals surface area contributed by atoms with Gasteiger partial charge in [-0.05, 0) is 59.1 Å². The molecule has 0 aromatic heterocycles. The smallest absolute Gasteiger partial charge is 0.0853 e. The highest BCUT2D eigenvalue weighted by Crippen LogP contribution is 2.41. The van der Waals surface area contributed by atoms with Crippen molar-refractivity contribution in [3.05, 3.63) is 68.7 Å². The highest BCUT2D eigenvalue weighted by atomic mass is 35.5. The molecule has 2 aromatic rings. The number of fused-ring (bicyclic) bond motifs is 2. The predicted octanol–water partition coefficient (Wildman–Crippen LogP) is 6.44. The van der Waals surface area contributed by atoms with Crippen LogP contribution in [0, 0.1) is 11.8 Å². The van der Waals surface area contributed by atoms with E-state index in [1.807, 2.05) is 24.3 Å². The van der Waals surface area contributed by atoms with Gasteiger partial charge in [0.05, 0.1) is 12.2 Å². The van der Waals surface area contributed by atoms with Crippen LogP contribution in [0.2, 0.25) is 10.0 Å². The van der Waals surface area contributed by atoms with Crippen molar-refractivity contribution in [2.75, 3.05) is 14.2 Å². The Kier molecular flexibility index (Phi) is 6.29. The van der Waals surface area contributed by atoms with E-state index >= 15 is 0 Å². The lowest BCUT2D eigenvalue weighted by Crippen LogP contribution is -2.04. The van der Waals surface area contributed by atoms with Crippen LogP contribution in [0.4, 0.5) is 0 Å². The summed E-state index contributed by atoms with van der Waals surface area (Å²) < 4.78 is 10.9. The Morgan fingerprint density at radius 3 is 1.46 bits per heavy atom. The maximum absolute atomic E-state index is 6.10. The van der Waals surface area contributed by atoms with E-state index in [-0.39, 0.29) is 12.2 Å². The Bertz CT molecular complexity index is 709. The van der Waals surface area contributed by atoms with Crippen LogP contribution in [0.25, 0.3) is 0 Å². The van der Waals surface area contributed by atoms with Crippen molar-refractivity contribution < 1.29 is 9.47 Å². The quantitative estimate of drug-likeness (QED) is 0.585. The second kappa shape index (κ2) is 8.31. The van der Waals surface area contributed by atoms with Gasteiger partial charge in [-0.3, -0.25) is 0 Å². The molecule has 4 heteroatoms. The lowest BCUT2D eigenvalue weighted by molar-refractivity contribution is 0.0695. The van der Waals surface area contributed by atoms with Gasteiger partial charge >= 0.3 is 0 Å². The molecule has 2 aliphatic rings. The summed E-state index contributed by atoms with van der Waals surface area (Å²) in [6, 6.07) is 12.1. The van der Waals surface area contributed by atoms with Gasteiger partial charge in [0.25, 0.3) is 0 Å². The first kappa shape index (κ1) is 19.7. The zero-order valence-corrected chi connectivity index (χ0v) is 17.3. The number of hydrogen-bond donors (Lipinski definition) is 0. The molecule has 4 unspecified atom stereocenters. The van der Waals surface area contributed by atoms with Crippen LogP contribution in [-0.4, -0.2) is 14.2 Å². The summed E-state index contributed by atoms with van der Waals surface area (Å²) in [6.07, 6.45) is 2.53. The van der Waals surface area contributed by atoms with Gasteiger partial charge in [-0.1, -0.05) is 61.3 Å². The van der Waals surface area contributed by atoms with Gasteiger partial charge in [-0.2, -0.15) is 0 Å². The Morgan fingerprint density at radius 1 is 0.731 bits per heavy atom. The zero-order chi connectivity index (χ0) is 18.8. The standard InChI is InChI=1S/2C11H13ClO/c2*1-7-6-9-8(11(7)13-2)4-3-5-10(9)12/h2*3-5,7,11H,6H2,1-2H3. The average Bonchev–Trinajstić information content (AvgIpc) is 3.13. The van der Waals surface area contributed by atoms with Crippen molar-refractivity contribution >= 4 is 23.2 Å². The van der Waals surface area contributed by atoms with Gasteiger partial charge in [0.15, 0.2) is 0 Å². The molecule has 2 aliphatic carbocycles. The lowest BCUT2D eigenvalue weighted by Gasteiger charge is -2.13. The van der Waals surface area contributed by atoms with Crippen LogP contribution >= 0.6 is 23.2 Å². The fourth-order valence-corrected chi connectivity index (χ4v) is 4.82. The topological polar surface area (TPSA) is 18.5 Å². The average molecular weight is 393 g/mol. The van der Waals surface area contributed by atoms with E-state index in [0.29, 0.717) is 11.8 Å². The molecule has 4 rings (SSSR count). The molecular formula is C22H26Cl2O2. The molecule has 0 fully saturated rings. The van der Waals surface area contributed by atoms with Crippen molar-refractivity contribution in [2.45, 2.75) is 38.9 Å². The number of ether oxygens (including phenoxy) is 2. The van der Waals surface area contributed by atoms with Crippen LogP contribution in [0.3, 0.4) is 0 Å². The Morgan fingerprint density at radius 2 is 1.12 bits per heavy atom. The minimum atomic E-state index is 0.230. The van der Waals surface area contributed by atoms with E-state index in [4.69, 9.17) is 32.7 Å². The van der Waals surface area contributed by atoms with Crippen molar-refractivity contribution in [1.29, 1.82) is 0 Å². The Hall–Kier alpha value is -1.06. The highest BCUT2D eigenvalue weighted by Gasteiger charge is 2.31. The molecule has 0 bridgehead atoms. The van der Waals surface area contributed by atoms with Gasteiger partial charge in [0.1, 0.15) is 0 Å². The molecule has 0 saturated carbocycles. The summed E-state index contributed by atoms with van der Waals surface area (Å²) >= 11 is 12.2. The fourth-order valence-electron chi connectivity index (χ4n) is 4.30. The number of hydrogen-bond acceptors (Lipinski definition) is 2. The maximum atomic E-state index is 6.10. The number of rotatable bonds is 2.